The van der Waals surface area contributed by atoms with Gasteiger partial charge in [0.2, 0.25) is 0 Å². The van der Waals surface area contributed by atoms with Crippen LogP contribution in [0.25, 0.3) is 16.3 Å². The molecule has 0 spiro atoms. The lowest BCUT2D eigenvalue weighted by molar-refractivity contribution is 0.357. The number of hydrogen-bond donors (Lipinski definition) is 0. The number of hydrogen-bond acceptors (Lipinski definition) is 3. The highest BCUT2D eigenvalue weighted by Crippen LogP contribution is 2.35. The van der Waals surface area contributed by atoms with E-state index in [2.05, 4.69) is 0 Å². The molecule has 2 aromatic heterocycles. The maximum atomic E-state index is 11.6. The number of benzene rings is 1. The van der Waals surface area contributed by atoms with Gasteiger partial charge in [-0.05, 0) is 29.7 Å². The molecule has 3 aromatic rings. The zero-order valence-electron chi connectivity index (χ0n) is 10.6. The van der Waals surface area contributed by atoms with E-state index >= 15 is 0 Å². The molecule has 4 heteroatoms. The van der Waals surface area contributed by atoms with Crippen molar-refractivity contribution in [3.63, 3.8) is 0 Å². The Hall–Kier alpha value is -2.75. The number of nitrogens with zero attached hydrogens (tertiary/aromatic N) is 1. The van der Waals surface area contributed by atoms with Gasteiger partial charge in [0, 0.05) is 29.9 Å². The van der Waals surface area contributed by atoms with E-state index in [1.807, 2.05) is 34.9 Å². The molecule has 3 heterocycles. The second-order valence-electron chi connectivity index (χ2n) is 4.66. The Bertz CT molecular complexity index is 909. The van der Waals surface area contributed by atoms with Gasteiger partial charge in [-0.25, -0.2) is 0 Å². The van der Waals surface area contributed by atoms with Crippen LogP contribution < -0.4 is 14.9 Å². The third kappa shape index (κ3) is 1.66. The van der Waals surface area contributed by atoms with E-state index in [1.165, 1.54) is 0 Å². The van der Waals surface area contributed by atoms with Gasteiger partial charge in [-0.1, -0.05) is 0 Å². The Balaban J connectivity index is 2.11. The van der Waals surface area contributed by atoms with E-state index in [4.69, 9.17) is 9.47 Å². The molecule has 98 valence electrons. The van der Waals surface area contributed by atoms with Crippen LogP contribution in [0.5, 0.6) is 11.5 Å². The Morgan fingerprint density at radius 1 is 1.05 bits per heavy atom. The molecule has 4 rings (SSSR count). The average molecular weight is 265 g/mol. The van der Waals surface area contributed by atoms with Crippen molar-refractivity contribution in [2.75, 3.05) is 6.61 Å². The summed E-state index contributed by atoms with van der Waals surface area (Å²) in [6, 6.07) is 9.02. The summed E-state index contributed by atoms with van der Waals surface area (Å²) < 4.78 is 13.1. The summed E-state index contributed by atoms with van der Waals surface area (Å²) in [7, 11) is 0. The molecule has 0 N–H and O–H groups in total. The quantitative estimate of drug-likeness (QED) is 0.587. The largest absolute Gasteiger partial charge is 0.485 e. The molecule has 0 amide bonds. The SMILES string of the molecule is O=c1ccn2ccc3cc4c(cc3c2c1)OC=CCO4. The number of rotatable bonds is 0. The number of ether oxygens (including phenoxy) is 2. The minimum Gasteiger partial charge on any atom is -0.485 e. The van der Waals surface area contributed by atoms with Crippen LogP contribution in [0.3, 0.4) is 0 Å². The Labute approximate surface area is 114 Å². The molecule has 0 saturated heterocycles. The summed E-state index contributed by atoms with van der Waals surface area (Å²) in [5.41, 5.74) is 0.846. The van der Waals surface area contributed by atoms with Gasteiger partial charge >= 0.3 is 0 Å². The molecule has 0 atom stereocenters. The predicted octanol–water partition coefficient (Wildman–Crippen LogP) is 2.74. The maximum absolute atomic E-state index is 11.6. The van der Waals surface area contributed by atoms with E-state index < -0.39 is 0 Å². The molecule has 0 unspecified atom stereocenters. The first-order valence-corrected chi connectivity index (χ1v) is 6.34. The molecule has 0 bridgehead atoms. The van der Waals surface area contributed by atoms with E-state index in [0.29, 0.717) is 18.1 Å². The van der Waals surface area contributed by atoms with Crippen molar-refractivity contribution >= 4 is 16.3 Å². The van der Waals surface area contributed by atoms with Crippen molar-refractivity contribution in [2.45, 2.75) is 0 Å². The number of aromatic nitrogens is 1. The Kier molecular flexibility index (Phi) is 2.29. The van der Waals surface area contributed by atoms with Crippen LogP contribution in [-0.2, 0) is 0 Å². The van der Waals surface area contributed by atoms with Crippen molar-refractivity contribution in [3.05, 3.63) is 65.3 Å². The molecule has 20 heavy (non-hydrogen) atoms. The molecule has 1 aliphatic rings. The lowest BCUT2D eigenvalue weighted by atomic mass is 10.1. The predicted molar refractivity (Wildman–Crippen MR) is 76.4 cm³/mol. The van der Waals surface area contributed by atoms with Crippen molar-refractivity contribution in [1.82, 2.24) is 4.40 Å². The summed E-state index contributed by atoms with van der Waals surface area (Å²) in [5.74, 6) is 1.38. The first-order chi connectivity index (χ1) is 9.81. The maximum Gasteiger partial charge on any atom is 0.182 e. The number of pyridine rings is 2. The van der Waals surface area contributed by atoms with E-state index in [1.54, 1.807) is 24.6 Å². The fraction of sp³-hybridized carbons (Fsp3) is 0.0625. The van der Waals surface area contributed by atoms with Crippen LogP contribution in [0.1, 0.15) is 0 Å². The zero-order chi connectivity index (χ0) is 13.5. The summed E-state index contributed by atoms with van der Waals surface area (Å²) in [4.78, 5) is 11.6. The van der Waals surface area contributed by atoms with Crippen molar-refractivity contribution < 1.29 is 9.47 Å². The van der Waals surface area contributed by atoms with Gasteiger partial charge in [-0.15, -0.1) is 0 Å². The highest BCUT2D eigenvalue weighted by Gasteiger charge is 2.11. The molecule has 0 aliphatic carbocycles. The third-order valence-corrected chi connectivity index (χ3v) is 3.39. The molecular weight excluding hydrogens is 254 g/mol. The van der Waals surface area contributed by atoms with E-state index in [-0.39, 0.29) is 5.43 Å². The molecule has 0 fully saturated rings. The zero-order valence-corrected chi connectivity index (χ0v) is 10.6. The third-order valence-electron chi connectivity index (χ3n) is 3.39. The van der Waals surface area contributed by atoms with Gasteiger partial charge in [0.15, 0.2) is 16.9 Å². The highest BCUT2D eigenvalue weighted by molar-refractivity contribution is 5.97. The smallest absolute Gasteiger partial charge is 0.182 e. The fourth-order valence-electron chi connectivity index (χ4n) is 2.44. The van der Waals surface area contributed by atoms with Crippen molar-refractivity contribution in [1.29, 1.82) is 0 Å². The molecule has 1 aromatic carbocycles. The monoisotopic (exact) mass is 265 g/mol. The molecule has 0 saturated carbocycles. The lowest BCUT2D eigenvalue weighted by Crippen LogP contribution is -2.00. The fourth-order valence-corrected chi connectivity index (χ4v) is 2.44. The van der Waals surface area contributed by atoms with Crippen molar-refractivity contribution in [3.8, 4) is 11.5 Å². The van der Waals surface area contributed by atoms with Gasteiger partial charge in [-0.3, -0.25) is 4.79 Å². The first kappa shape index (κ1) is 11.1. The minimum atomic E-state index is -0.00972. The molecule has 1 aliphatic heterocycles. The molecule has 4 nitrogen and oxygen atoms in total. The number of fused-ring (bicyclic) bond motifs is 4. The van der Waals surface area contributed by atoms with Gasteiger partial charge < -0.3 is 13.9 Å². The van der Waals surface area contributed by atoms with Gasteiger partial charge in [0.25, 0.3) is 0 Å². The second kappa shape index (κ2) is 4.13. The summed E-state index contributed by atoms with van der Waals surface area (Å²) in [6.45, 7) is 0.492. The van der Waals surface area contributed by atoms with Crippen LogP contribution in [0.15, 0.2) is 59.9 Å². The average Bonchev–Trinajstić information content (AvgIpc) is 2.69. The van der Waals surface area contributed by atoms with E-state index in [0.717, 1.165) is 16.3 Å². The van der Waals surface area contributed by atoms with Crippen LogP contribution in [-0.4, -0.2) is 11.0 Å². The normalized spacial score (nSPS) is 13.6. The molecular formula is C16H11NO3. The Morgan fingerprint density at radius 3 is 2.90 bits per heavy atom. The van der Waals surface area contributed by atoms with Crippen LogP contribution in [0.4, 0.5) is 0 Å². The van der Waals surface area contributed by atoms with E-state index in [9.17, 15) is 4.79 Å². The first-order valence-electron chi connectivity index (χ1n) is 6.34. The van der Waals surface area contributed by atoms with Gasteiger partial charge in [0.05, 0.1) is 11.8 Å². The molecule has 0 radical (unpaired) electrons. The topological polar surface area (TPSA) is 39.9 Å². The Morgan fingerprint density at radius 2 is 1.95 bits per heavy atom. The summed E-state index contributed by atoms with van der Waals surface area (Å²) in [6.07, 6.45) is 7.13. The summed E-state index contributed by atoms with van der Waals surface area (Å²) in [5, 5.41) is 1.97. The van der Waals surface area contributed by atoms with Crippen LogP contribution >= 0.6 is 0 Å². The van der Waals surface area contributed by atoms with Crippen LogP contribution in [0, 0.1) is 0 Å². The highest BCUT2D eigenvalue weighted by atomic mass is 16.5. The van der Waals surface area contributed by atoms with Crippen LogP contribution in [0.2, 0.25) is 0 Å². The van der Waals surface area contributed by atoms with Gasteiger partial charge in [-0.2, -0.15) is 0 Å². The standard InChI is InChI=1S/C16H11NO3/c18-12-3-5-17-4-2-11-8-15-16(20-7-1-6-19-15)10-13(11)14(17)9-12/h1-5,7-10H,6H2. The minimum absolute atomic E-state index is 0.00972. The lowest BCUT2D eigenvalue weighted by Gasteiger charge is -2.10. The van der Waals surface area contributed by atoms with Crippen molar-refractivity contribution in [2.24, 2.45) is 0 Å². The van der Waals surface area contributed by atoms with Gasteiger partial charge in [0.1, 0.15) is 6.61 Å². The second-order valence-corrected chi connectivity index (χ2v) is 4.66. The summed E-state index contributed by atoms with van der Waals surface area (Å²) >= 11 is 0.